The maximum absolute atomic E-state index is 17.2. The number of hydrogen-bond acceptors (Lipinski definition) is 1. The van der Waals surface area contributed by atoms with Gasteiger partial charge in [0.15, 0.2) is 0 Å². The molecule has 0 spiro atoms. The van der Waals surface area contributed by atoms with Crippen molar-refractivity contribution in [3.05, 3.63) is 240 Å². The summed E-state index contributed by atoms with van der Waals surface area (Å²) in [6, 6.07) is 70.0. The second kappa shape index (κ2) is 17.2. The normalized spacial score (nSPS) is 11.8. The summed E-state index contributed by atoms with van der Waals surface area (Å²) < 4.78 is 55.4. The van der Waals surface area contributed by atoms with Gasteiger partial charge in [-0.1, -0.05) is 180 Å². The summed E-state index contributed by atoms with van der Waals surface area (Å²) in [5, 5.41) is 13.5. The van der Waals surface area contributed by atoms with Crippen LogP contribution in [0.3, 0.4) is 0 Å². The second-order valence-electron chi connectivity index (χ2n) is 19.2. The number of benzene rings is 10. The Morgan fingerprint density at radius 1 is 0.333 bits per heavy atom. The Kier molecular flexibility index (Phi) is 10.6. The molecular formula is C66H46F3N3. The number of nitrogens with zero attached hydrogens (tertiary/aromatic N) is 3. The lowest BCUT2D eigenvalue weighted by molar-refractivity contribution is -0.137. The maximum Gasteiger partial charge on any atom is 0.420 e. The molecule has 0 aliphatic carbocycles. The van der Waals surface area contributed by atoms with Crippen molar-refractivity contribution in [1.82, 2.24) is 9.13 Å². The summed E-state index contributed by atoms with van der Waals surface area (Å²) in [4.78, 5) is 0. The number of rotatable bonds is 7. The summed E-state index contributed by atoms with van der Waals surface area (Å²) in [5.74, 6) is 0. The fraction of sp³-hybridized carbons (Fsp3) is 0.0758. The Labute approximate surface area is 415 Å². The van der Waals surface area contributed by atoms with Crippen LogP contribution in [0.1, 0.15) is 33.4 Å². The number of fused-ring (bicyclic) bond motifs is 6. The first-order chi connectivity index (χ1) is 34.9. The van der Waals surface area contributed by atoms with E-state index in [9.17, 15) is 5.26 Å². The molecule has 6 heteroatoms. The molecule has 0 unspecified atom stereocenters. The van der Waals surface area contributed by atoms with E-state index in [1.807, 2.05) is 164 Å². The van der Waals surface area contributed by atoms with E-state index in [0.29, 0.717) is 38.8 Å². The van der Waals surface area contributed by atoms with E-state index in [-0.39, 0.29) is 11.4 Å². The first kappa shape index (κ1) is 44.3. The molecule has 0 atom stereocenters. The predicted octanol–water partition coefficient (Wildman–Crippen LogP) is 18.3. The standard InChI is InChI=1S/C66H46F3N3/c1-40-10-5-15-45(28-40)50-20-24-55-56-25-21-51(46-16-6-11-41(2)29-46)34-60(56)71(59(55)33-50)63-37-54(49-19-9-14-44(32-49)39-70)38-64(65(63)66(67,68)69)72-61-35-52(47-17-7-12-42(3)30-47)22-26-57(61)58-27-23-53(36-62(58)72)48-18-8-13-43(4)31-48/h5-38H,1-4H3. The van der Waals surface area contributed by atoms with Crippen LogP contribution in [0.2, 0.25) is 0 Å². The van der Waals surface area contributed by atoms with Gasteiger partial charge in [0, 0.05) is 21.5 Å². The van der Waals surface area contributed by atoms with E-state index in [0.717, 1.165) is 88.3 Å². The molecule has 2 heterocycles. The van der Waals surface area contributed by atoms with Gasteiger partial charge in [-0.25, -0.2) is 0 Å². The zero-order valence-electron chi connectivity index (χ0n) is 40.1. The van der Waals surface area contributed by atoms with Gasteiger partial charge < -0.3 is 9.13 Å². The first-order valence-corrected chi connectivity index (χ1v) is 24.1. The molecule has 2 aromatic heterocycles. The molecule has 12 rings (SSSR count). The van der Waals surface area contributed by atoms with Crippen LogP contribution in [0, 0.1) is 39.0 Å². The summed E-state index contributed by atoms with van der Waals surface area (Å²) in [7, 11) is 0. The van der Waals surface area contributed by atoms with Crippen molar-refractivity contribution in [2.75, 3.05) is 0 Å². The van der Waals surface area contributed by atoms with Crippen LogP contribution in [0.15, 0.2) is 206 Å². The Balaban J connectivity index is 1.26. The minimum Gasteiger partial charge on any atom is -0.308 e. The Morgan fingerprint density at radius 2 is 0.625 bits per heavy atom. The molecule has 0 N–H and O–H groups in total. The molecule has 3 nitrogen and oxygen atoms in total. The van der Waals surface area contributed by atoms with Crippen molar-refractivity contribution in [2.45, 2.75) is 33.9 Å². The molecule has 0 saturated carbocycles. The summed E-state index contributed by atoms with van der Waals surface area (Å²) in [6.45, 7) is 8.16. The largest absolute Gasteiger partial charge is 0.420 e. The highest BCUT2D eigenvalue weighted by molar-refractivity contribution is 6.13. The van der Waals surface area contributed by atoms with Gasteiger partial charge in [-0.2, -0.15) is 18.4 Å². The van der Waals surface area contributed by atoms with Crippen LogP contribution >= 0.6 is 0 Å². The predicted molar refractivity (Wildman–Crippen MR) is 291 cm³/mol. The number of halogens is 3. The zero-order valence-corrected chi connectivity index (χ0v) is 40.1. The van der Waals surface area contributed by atoms with Gasteiger partial charge in [0.1, 0.15) is 5.56 Å². The van der Waals surface area contributed by atoms with E-state index in [1.54, 1.807) is 30.3 Å². The Bertz CT molecular complexity index is 3780. The molecule has 0 aliphatic rings. The number of nitriles is 1. The van der Waals surface area contributed by atoms with Gasteiger partial charge in [0.2, 0.25) is 0 Å². The third kappa shape index (κ3) is 7.71. The molecule has 0 radical (unpaired) electrons. The number of hydrogen-bond donors (Lipinski definition) is 0. The van der Waals surface area contributed by atoms with Crippen LogP contribution in [-0.2, 0) is 6.18 Å². The minimum atomic E-state index is -4.88. The van der Waals surface area contributed by atoms with Crippen molar-refractivity contribution in [1.29, 1.82) is 5.26 Å². The highest BCUT2D eigenvalue weighted by atomic mass is 19.4. The molecule has 346 valence electrons. The number of aryl methyl sites for hydroxylation is 4. The average molecular weight is 938 g/mol. The van der Waals surface area contributed by atoms with Crippen LogP contribution < -0.4 is 0 Å². The van der Waals surface area contributed by atoms with Crippen molar-refractivity contribution in [3.8, 4) is 73.1 Å². The van der Waals surface area contributed by atoms with Gasteiger partial charge in [0.25, 0.3) is 0 Å². The van der Waals surface area contributed by atoms with Gasteiger partial charge in [-0.15, -0.1) is 0 Å². The lowest BCUT2D eigenvalue weighted by Crippen LogP contribution is -2.16. The SMILES string of the molecule is Cc1cccc(-c2ccc3c4ccc(-c5cccc(C)c5)cc4n(-c4cc(-c5cccc(C#N)c5)cc(-n5c6cc(-c7cccc(C)c7)ccc6c6ccc(-c7cccc(C)c7)cc65)c4C(F)(F)F)c3c2)c1. The Hall–Kier alpha value is -8.92. The average Bonchev–Trinajstić information content (AvgIpc) is 3.89. The Morgan fingerprint density at radius 3 is 0.917 bits per heavy atom. The molecular weight excluding hydrogens is 892 g/mol. The van der Waals surface area contributed by atoms with Gasteiger partial charge in [0.05, 0.1) is 45.1 Å². The number of alkyl halides is 3. The zero-order chi connectivity index (χ0) is 49.4. The minimum absolute atomic E-state index is 0.0279. The molecule has 10 aromatic carbocycles. The van der Waals surface area contributed by atoms with E-state index >= 15 is 13.2 Å². The lowest BCUT2D eigenvalue weighted by Gasteiger charge is -2.23. The summed E-state index contributed by atoms with van der Waals surface area (Å²) >= 11 is 0. The fourth-order valence-corrected chi connectivity index (χ4v) is 10.8. The third-order valence-corrected chi connectivity index (χ3v) is 14.1. The molecule has 0 amide bonds. The fourth-order valence-electron chi connectivity index (χ4n) is 10.8. The van der Waals surface area contributed by atoms with Crippen LogP contribution in [0.5, 0.6) is 0 Å². The van der Waals surface area contributed by atoms with Gasteiger partial charge in [-0.05, 0) is 132 Å². The van der Waals surface area contributed by atoms with Gasteiger partial charge in [-0.3, -0.25) is 0 Å². The molecule has 0 saturated heterocycles. The van der Waals surface area contributed by atoms with Crippen molar-refractivity contribution < 1.29 is 13.2 Å². The third-order valence-electron chi connectivity index (χ3n) is 14.1. The highest BCUT2D eigenvalue weighted by Gasteiger charge is 2.40. The molecule has 0 bridgehead atoms. The highest BCUT2D eigenvalue weighted by Crippen LogP contribution is 2.48. The smallest absolute Gasteiger partial charge is 0.308 e. The number of aromatic nitrogens is 2. The van der Waals surface area contributed by atoms with E-state index in [2.05, 4.69) is 54.6 Å². The van der Waals surface area contributed by atoms with Gasteiger partial charge >= 0.3 is 6.18 Å². The van der Waals surface area contributed by atoms with Crippen molar-refractivity contribution in [2.24, 2.45) is 0 Å². The monoisotopic (exact) mass is 937 g/mol. The van der Waals surface area contributed by atoms with Crippen LogP contribution in [0.25, 0.3) is 111 Å². The quantitative estimate of drug-likeness (QED) is 0.157. The molecule has 0 fully saturated rings. The summed E-state index contributed by atoms with van der Waals surface area (Å²) in [6.07, 6.45) is -4.88. The molecule has 72 heavy (non-hydrogen) atoms. The topological polar surface area (TPSA) is 33.6 Å². The van der Waals surface area contributed by atoms with Crippen molar-refractivity contribution >= 4 is 43.6 Å². The van der Waals surface area contributed by atoms with E-state index in [1.165, 1.54) is 0 Å². The summed E-state index contributed by atoms with van der Waals surface area (Å²) in [5.41, 5.74) is 15.0. The second-order valence-corrected chi connectivity index (χ2v) is 19.2. The first-order valence-electron chi connectivity index (χ1n) is 24.1. The van der Waals surface area contributed by atoms with Crippen LogP contribution in [0.4, 0.5) is 13.2 Å². The molecule has 0 aliphatic heterocycles. The molecule has 12 aromatic rings. The van der Waals surface area contributed by atoms with Crippen LogP contribution in [-0.4, -0.2) is 9.13 Å². The maximum atomic E-state index is 17.2. The van der Waals surface area contributed by atoms with E-state index in [4.69, 9.17) is 0 Å². The van der Waals surface area contributed by atoms with Crippen molar-refractivity contribution in [3.63, 3.8) is 0 Å². The van der Waals surface area contributed by atoms with E-state index < -0.39 is 11.7 Å². The lowest BCUT2D eigenvalue weighted by atomic mass is 9.97.